The molecule has 0 fully saturated rings. The van der Waals surface area contributed by atoms with E-state index in [9.17, 15) is 8.42 Å². The lowest BCUT2D eigenvalue weighted by molar-refractivity contribution is -0.929. The molecular weight excluding hydrogens is 406 g/mol. The summed E-state index contributed by atoms with van der Waals surface area (Å²) in [5.41, 5.74) is 0. The van der Waals surface area contributed by atoms with E-state index in [-0.39, 0.29) is 5.75 Å². The maximum atomic E-state index is 11.1. The van der Waals surface area contributed by atoms with E-state index in [1.54, 1.807) is 21.3 Å². The maximum absolute atomic E-state index is 11.1. The van der Waals surface area contributed by atoms with Gasteiger partial charge in [0.2, 0.25) is 0 Å². The molecule has 0 aliphatic carbocycles. The molecule has 0 saturated carbocycles. The second-order valence-electron chi connectivity index (χ2n) is 6.69. The van der Waals surface area contributed by atoms with Gasteiger partial charge in [0.05, 0.1) is 71.8 Å². The highest BCUT2D eigenvalue weighted by Crippen LogP contribution is 2.10. The molecule has 0 unspecified atom stereocenters. The van der Waals surface area contributed by atoms with Crippen molar-refractivity contribution >= 4 is 10.1 Å². The average Bonchev–Trinajstić information content (AvgIpc) is 2.66. The number of methoxy groups -OCH3 is 3. The molecule has 1 N–H and O–H groups in total. The molecule has 0 rings (SSSR count). The van der Waals surface area contributed by atoms with Gasteiger partial charge in [-0.25, -0.2) is 0 Å². The minimum Gasteiger partial charge on any atom is -0.382 e. The van der Waals surface area contributed by atoms with Crippen LogP contribution in [0.25, 0.3) is 0 Å². The molecule has 29 heavy (non-hydrogen) atoms. The van der Waals surface area contributed by atoms with E-state index in [2.05, 4.69) is 0 Å². The largest absolute Gasteiger partial charge is 0.382 e. The van der Waals surface area contributed by atoms with Crippen molar-refractivity contribution in [1.82, 2.24) is 0 Å². The maximum Gasteiger partial charge on any atom is 0.265 e. The molecule has 0 heterocycles. The number of ether oxygens (including phenoxy) is 6. The molecule has 0 aromatic heterocycles. The third-order valence-electron chi connectivity index (χ3n) is 4.46. The van der Waals surface area contributed by atoms with Crippen LogP contribution in [0.1, 0.15) is 6.42 Å². The number of rotatable bonds is 22. The Hall–Kier alpha value is -0.370. The zero-order chi connectivity index (χ0) is 21.8. The topological polar surface area (TPSA) is 110 Å². The summed E-state index contributed by atoms with van der Waals surface area (Å²) in [5.74, 6) is -0.271. The zero-order valence-electron chi connectivity index (χ0n) is 18.2. The molecule has 0 aromatic rings. The molecule has 0 atom stereocenters. The van der Waals surface area contributed by atoms with Crippen LogP contribution in [-0.4, -0.2) is 130 Å². The monoisotopic (exact) mass is 446 g/mol. The van der Waals surface area contributed by atoms with Crippen molar-refractivity contribution in [2.75, 3.05) is 113 Å². The van der Waals surface area contributed by atoms with Crippen molar-refractivity contribution in [2.24, 2.45) is 0 Å². The van der Waals surface area contributed by atoms with Crippen molar-refractivity contribution < 1.29 is 45.9 Å². The van der Waals surface area contributed by atoms with Gasteiger partial charge < -0.3 is 32.9 Å². The van der Waals surface area contributed by atoms with Crippen LogP contribution in [0.2, 0.25) is 0 Å². The second-order valence-corrected chi connectivity index (χ2v) is 8.26. The van der Waals surface area contributed by atoms with E-state index in [1.165, 1.54) is 0 Å². The van der Waals surface area contributed by atoms with Crippen molar-refractivity contribution in [2.45, 2.75) is 6.42 Å². The predicted octanol–water partition coefficient (Wildman–Crippen LogP) is 0.0701. The van der Waals surface area contributed by atoms with Crippen molar-refractivity contribution in [3.63, 3.8) is 0 Å². The van der Waals surface area contributed by atoms with E-state index >= 15 is 0 Å². The highest BCUT2D eigenvalue weighted by Gasteiger charge is 2.27. The summed E-state index contributed by atoms with van der Waals surface area (Å²) in [6, 6.07) is 0. The zero-order valence-corrected chi connectivity index (χ0v) is 19.0. The highest BCUT2D eigenvalue weighted by molar-refractivity contribution is 7.85. The number of hydrogen-bond acceptors (Lipinski definition) is 8. The van der Waals surface area contributed by atoms with Gasteiger partial charge in [0, 0.05) is 27.8 Å². The Morgan fingerprint density at radius 1 is 0.621 bits per heavy atom. The molecule has 0 amide bonds. The van der Waals surface area contributed by atoms with Gasteiger partial charge in [-0.3, -0.25) is 4.55 Å². The second kappa shape index (κ2) is 18.4. The van der Waals surface area contributed by atoms with Crippen LogP contribution in [0.4, 0.5) is 0 Å². The van der Waals surface area contributed by atoms with Gasteiger partial charge in [-0.2, -0.15) is 8.42 Å². The molecule has 0 aliphatic rings. The van der Waals surface area contributed by atoms with Crippen LogP contribution in [0, 0.1) is 0 Å². The summed E-state index contributed by atoms with van der Waals surface area (Å²) in [6.07, 6.45) is 0.340. The Bertz CT molecular complexity index is 426. The fourth-order valence-corrected chi connectivity index (χ4v) is 3.25. The van der Waals surface area contributed by atoms with Gasteiger partial charge >= 0.3 is 0 Å². The van der Waals surface area contributed by atoms with Crippen LogP contribution < -0.4 is 0 Å². The molecule has 0 radical (unpaired) electrons. The fraction of sp³-hybridized carbons (Fsp3) is 1.00. The van der Waals surface area contributed by atoms with Crippen molar-refractivity contribution in [3.05, 3.63) is 0 Å². The molecule has 0 saturated heterocycles. The average molecular weight is 447 g/mol. The first-order valence-corrected chi connectivity index (χ1v) is 11.5. The standard InChI is InChI=1S/C18H39NO9S/c1-23-12-15-26-9-6-19(5-4-18-29(20,21)22,7-10-27-16-13-24-2)8-11-28-17-14-25-3/h4-18H2,1-3H3/p+1. The van der Waals surface area contributed by atoms with Gasteiger partial charge in [0.25, 0.3) is 10.1 Å². The van der Waals surface area contributed by atoms with Crippen LogP contribution in [0.15, 0.2) is 0 Å². The molecule has 0 spiro atoms. The molecule has 0 aromatic carbocycles. The quantitative estimate of drug-likeness (QED) is 0.140. The Morgan fingerprint density at radius 2 is 1.00 bits per heavy atom. The smallest absolute Gasteiger partial charge is 0.265 e. The van der Waals surface area contributed by atoms with E-state index in [0.29, 0.717) is 96.5 Å². The molecule has 10 nitrogen and oxygen atoms in total. The van der Waals surface area contributed by atoms with Gasteiger partial charge in [-0.15, -0.1) is 0 Å². The first-order chi connectivity index (χ1) is 13.9. The fourth-order valence-electron chi connectivity index (χ4n) is 2.76. The third kappa shape index (κ3) is 18.1. The van der Waals surface area contributed by atoms with Gasteiger partial charge in [0.15, 0.2) is 0 Å². The van der Waals surface area contributed by atoms with Gasteiger partial charge in [-0.1, -0.05) is 0 Å². The van der Waals surface area contributed by atoms with Crippen LogP contribution in [0.5, 0.6) is 0 Å². The molecular formula is C18H40NO9S+. The van der Waals surface area contributed by atoms with Crippen molar-refractivity contribution in [1.29, 1.82) is 0 Å². The SMILES string of the molecule is COCCOCC[N+](CCCS(=O)(=O)O)(CCOCCOC)CCOCCOC. The summed E-state index contributed by atoms with van der Waals surface area (Å²) < 4.78 is 63.8. The Balaban J connectivity index is 4.86. The third-order valence-corrected chi connectivity index (χ3v) is 5.26. The van der Waals surface area contributed by atoms with Crippen LogP contribution >= 0.6 is 0 Å². The summed E-state index contributed by atoms with van der Waals surface area (Å²) in [5, 5.41) is 0. The lowest BCUT2D eigenvalue weighted by Crippen LogP contribution is -2.54. The first kappa shape index (κ1) is 28.6. The van der Waals surface area contributed by atoms with E-state index in [4.69, 9.17) is 33.0 Å². The Labute approximate surface area is 175 Å². The van der Waals surface area contributed by atoms with Crippen LogP contribution in [-0.2, 0) is 38.5 Å². The number of hydrogen-bond donors (Lipinski definition) is 1. The molecule has 176 valence electrons. The van der Waals surface area contributed by atoms with E-state index < -0.39 is 10.1 Å². The number of quaternary nitrogens is 1. The summed E-state index contributed by atoms with van der Waals surface area (Å²) in [4.78, 5) is 0. The van der Waals surface area contributed by atoms with E-state index in [1.807, 2.05) is 0 Å². The van der Waals surface area contributed by atoms with Crippen molar-refractivity contribution in [3.8, 4) is 0 Å². The lowest BCUT2D eigenvalue weighted by Gasteiger charge is -2.38. The van der Waals surface area contributed by atoms with Crippen LogP contribution in [0.3, 0.4) is 0 Å². The number of nitrogens with zero attached hydrogens (tertiary/aromatic N) is 1. The summed E-state index contributed by atoms with van der Waals surface area (Å²) in [6.45, 7) is 7.15. The minimum absolute atomic E-state index is 0.271. The summed E-state index contributed by atoms with van der Waals surface area (Å²) in [7, 11) is 0.859. The molecule has 0 bridgehead atoms. The molecule has 0 aliphatic heterocycles. The lowest BCUT2D eigenvalue weighted by atomic mass is 10.2. The van der Waals surface area contributed by atoms with E-state index in [0.717, 1.165) is 0 Å². The van der Waals surface area contributed by atoms with Gasteiger partial charge in [0.1, 0.15) is 19.6 Å². The van der Waals surface area contributed by atoms with Gasteiger partial charge in [-0.05, 0) is 0 Å². The Kier molecular flexibility index (Phi) is 18.2. The highest BCUT2D eigenvalue weighted by atomic mass is 32.2. The minimum atomic E-state index is -4.00. The summed E-state index contributed by atoms with van der Waals surface area (Å²) >= 11 is 0. The normalized spacial score (nSPS) is 12.6. The predicted molar refractivity (Wildman–Crippen MR) is 109 cm³/mol. The Morgan fingerprint density at radius 3 is 1.31 bits per heavy atom. The first-order valence-electron chi connectivity index (χ1n) is 9.89. The molecule has 11 heteroatoms.